The van der Waals surface area contributed by atoms with Gasteiger partial charge < -0.3 is 10.6 Å². The Hall–Kier alpha value is -1.99. The number of carbonyl (C=O) groups is 1. The van der Waals surface area contributed by atoms with Crippen LogP contribution in [0.4, 0.5) is 24.7 Å². The number of benzene rings is 1. The molecule has 4 nitrogen and oxygen atoms in total. The summed E-state index contributed by atoms with van der Waals surface area (Å²) in [6.07, 6.45) is -3.82. The highest BCUT2D eigenvalue weighted by Crippen LogP contribution is 2.34. The van der Waals surface area contributed by atoms with Crippen LogP contribution in [0.1, 0.15) is 29.8 Å². The Labute approximate surface area is 158 Å². The van der Waals surface area contributed by atoms with Gasteiger partial charge in [0.25, 0.3) is 5.91 Å². The minimum atomic E-state index is -4.71. The van der Waals surface area contributed by atoms with Gasteiger partial charge in [0, 0.05) is 17.8 Å². The molecule has 9 heteroatoms. The maximum Gasteiger partial charge on any atom is 0.417 e. The number of alkyl halides is 3. The van der Waals surface area contributed by atoms with Crippen LogP contribution in [-0.4, -0.2) is 17.4 Å². The first-order valence-electron chi connectivity index (χ1n) is 7.65. The van der Waals surface area contributed by atoms with E-state index in [9.17, 15) is 18.0 Å². The number of aromatic nitrogens is 1. The van der Waals surface area contributed by atoms with E-state index in [1.54, 1.807) is 0 Å². The van der Waals surface area contributed by atoms with E-state index in [-0.39, 0.29) is 23.3 Å². The van der Waals surface area contributed by atoms with Gasteiger partial charge in [0.05, 0.1) is 21.8 Å². The zero-order valence-corrected chi connectivity index (χ0v) is 15.4. The lowest BCUT2D eigenvalue weighted by Crippen LogP contribution is -2.29. The molecule has 0 saturated carbocycles. The number of halogens is 5. The van der Waals surface area contributed by atoms with Crippen LogP contribution in [0.25, 0.3) is 0 Å². The summed E-state index contributed by atoms with van der Waals surface area (Å²) in [4.78, 5) is 16.0. The highest BCUT2D eigenvalue weighted by Gasteiger charge is 2.36. The minimum absolute atomic E-state index is 0.0954. The fourth-order valence-corrected chi connectivity index (χ4v) is 2.52. The molecule has 0 fully saturated rings. The monoisotopic (exact) mass is 405 g/mol. The van der Waals surface area contributed by atoms with Gasteiger partial charge in [-0.05, 0) is 30.2 Å². The average Bonchev–Trinajstić information content (AvgIpc) is 2.54. The number of amides is 1. The molecule has 140 valence electrons. The molecule has 1 amide bonds. The van der Waals surface area contributed by atoms with Crippen molar-refractivity contribution >= 4 is 40.6 Å². The van der Waals surface area contributed by atoms with Crippen molar-refractivity contribution in [2.45, 2.75) is 20.0 Å². The number of rotatable bonds is 5. The molecule has 0 aliphatic carbocycles. The van der Waals surface area contributed by atoms with Crippen LogP contribution in [-0.2, 0) is 6.18 Å². The van der Waals surface area contributed by atoms with Crippen molar-refractivity contribution in [3.8, 4) is 0 Å². The smallest absolute Gasteiger partial charge is 0.352 e. The lowest BCUT2D eigenvalue weighted by atomic mass is 10.1. The second-order valence-electron chi connectivity index (χ2n) is 5.97. The Morgan fingerprint density at radius 2 is 1.92 bits per heavy atom. The first-order valence-corrected chi connectivity index (χ1v) is 8.41. The summed E-state index contributed by atoms with van der Waals surface area (Å²) in [6, 6.07) is 5.27. The van der Waals surface area contributed by atoms with Crippen LogP contribution >= 0.6 is 23.2 Å². The molecule has 2 N–H and O–H groups in total. The summed E-state index contributed by atoms with van der Waals surface area (Å²) < 4.78 is 40.1. The third-order valence-electron chi connectivity index (χ3n) is 3.32. The van der Waals surface area contributed by atoms with Gasteiger partial charge >= 0.3 is 6.18 Å². The van der Waals surface area contributed by atoms with Gasteiger partial charge in [-0.15, -0.1) is 0 Å². The van der Waals surface area contributed by atoms with E-state index in [2.05, 4.69) is 15.6 Å². The molecular weight excluding hydrogens is 390 g/mol. The minimum Gasteiger partial charge on any atom is -0.352 e. The van der Waals surface area contributed by atoms with Gasteiger partial charge in [0.15, 0.2) is 0 Å². The summed E-state index contributed by atoms with van der Waals surface area (Å²) in [6.45, 7) is 3.94. The highest BCUT2D eigenvalue weighted by molar-refractivity contribution is 6.36. The zero-order chi connectivity index (χ0) is 19.5. The Morgan fingerprint density at radius 1 is 1.23 bits per heavy atom. The van der Waals surface area contributed by atoms with Gasteiger partial charge in [-0.3, -0.25) is 4.79 Å². The molecule has 0 bridgehead atoms. The van der Waals surface area contributed by atoms with E-state index < -0.39 is 23.2 Å². The Kier molecular flexibility index (Phi) is 6.36. The van der Waals surface area contributed by atoms with Crippen molar-refractivity contribution in [1.29, 1.82) is 0 Å². The number of anilines is 2. The lowest BCUT2D eigenvalue weighted by molar-refractivity contribution is -0.137. The first-order chi connectivity index (χ1) is 12.1. The predicted octanol–water partition coefficient (Wildman–Crippen LogP) is 5.54. The number of hydrogen-bond donors (Lipinski definition) is 2. The molecule has 0 aliphatic rings. The average molecular weight is 406 g/mol. The summed E-state index contributed by atoms with van der Waals surface area (Å²) in [5.74, 6) is -0.814. The molecule has 2 rings (SSSR count). The quantitative estimate of drug-likeness (QED) is 0.686. The topological polar surface area (TPSA) is 54.0 Å². The number of carbonyl (C=O) groups excluding carboxylic acids is 1. The van der Waals surface area contributed by atoms with Crippen LogP contribution in [0.3, 0.4) is 0 Å². The number of nitrogens with zero attached hydrogens (tertiary/aromatic N) is 1. The predicted molar refractivity (Wildman–Crippen MR) is 96.2 cm³/mol. The Bertz CT molecular complexity index is 810. The molecule has 0 unspecified atom stereocenters. The molecule has 0 saturated heterocycles. The van der Waals surface area contributed by atoms with Gasteiger partial charge in [-0.2, -0.15) is 13.2 Å². The van der Waals surface area contributed by atoms with Crippen molar-refractivity contribution in [2.24, 2.45) is 5.92 Å². The normalized spacial score (nSPS) is 11.5. The fraction of sp³-hybridized carbons (Fsp3) is 0.294. The number of pyridine rings is 1. The fourth-order valence-electron chi connectivity index (χ4n) is 2.06. The van der Waals surface area contributed by atoms with E-state index in [4.69, 9.17) is 23.2 Å². The Balaban J connectivity index is 2.34. The molecule has 26 heavy (non-hydrogen) atoms. The number of nitrogens with one attached hydrogen (secondary N) is 2. The van der Waals surface area contributed by atoms with Crippen molar-refractivity contribution in [2.75, 3.05) is 11.9 Å². The van der Waals surface area contributed by atoms with Crippen LogP contribution in [0.2, 0.25) is 10.0 Å². The molecule has 1 heterocycles. The zero-order valence-electron chi connectivity index (χ0n) is 13.9. The van der Waals surface area contributed by atoms with Crippen LogP contribution < -0.4 is 10.6 Å². The molecule has 1 aromatic carbocycles. The van der Waals surface area contributed by atoms with Crippen LogP contribution in [0.5, 0.6) is 0 Å². The van der Waals surface area contributed by atoms with Crippen LogP contribution in [0, 0.1) is 5.92 Å². The van der Waals surface area contributed by atoms with E-state index in [0.717, 1.165) is 12.3 Å². The molecule has 0 spiro atoms. The molecule has 0 radical (unpaired) electrons. The number of hydrogen-bond acceptors (Lipinski definition) is 3. The third-order valence-corrected chi connectivity index (χ3v) is 3.87. The summed E-state index contributed by atoms with van der Waals surface area (Å²) in [5, 5.41) is 5.77. The van der Waals surface area contributed by atoms with Gasteiger partial charge in [0.1, 0.15) is 5.82 Å². The largest absolute Gasteiger partial charge is 0.417 e. The van der Waals surface area contributed by atoms with E-state index in [0.29, 0.717) is 10.7 Å². The first kappa shape index (κ1) is 20.3. The van der Waals surface area contributed by atoms with Crippen molar-refractivity contribution < 1.29 is 18.0 Å². The summed E-state index contributed by atoms with van der Waals surface area (Å²) in [7, 11) is 0. The Morgan fingerprint density at radius 3 is 2.50 bits per heavy atom. The summed E-state index contributed by atoms with van der Waals surface area (Å²) >= 11 is 11.8. The van der Waals surface area contributed by atoms with Crippen molar-refractivity contribution in [1.82, 2.24) is 10.3 Å². The van der Waals surface area contributed by atoms with Gasteiger partial charge in [-0.25, -0.2) is 4.98 Å². The molecule has 1 aromatic heterocycles. The highest BCUT2D eigenvalue weighted by atomic mass is 35.5. The van der Waals surface area contributed by atoms with Crippen LogP contribution in [0.15, 0.2) is 30.5 Å². The third kappa shape index (κ3) is 5.25. The maximum atomic E-state index is 13.4. The molecule has 0 atom stereocenters. The van der Waals surface area contributed by atoms with Crippen molar-refractivity contribution in [3.05, 3.63) is 51.6 Å². The second-order valence-corrected chi connectivity index (χ2v) is 6.81. The SMILES string of the molecule is CC(C)CNC(=O)c1cnc(Nc2ccc(Cl)cc2Cl)cc1C(F)(F)F. The van der Waals surface area contributed by atoms with E-state index in [1.807, 2.05) is 13.8 Å². The lowest BCUT2D eigenvalue weighted by Gasteiger charge is -2.15. The van der Waals surface area contributed by atoms with Crippen molar-refractivity contribution in [3.63, 3.8) is 0 Å². The summed E-state index contributed by atoms with van der Waals surface area (Å²) in [5.41, 5.74) is -1.28. The van der Waals surface area contributed by atoms with E-state index >= 15 is 0 Å². The molecule has 2 aromatic rings. The molecule has 0 aliphatic heterocycles. The van der Waals surface area contributed by atoms with Gasteiger partial charge in [-0.1, -0.05) is 37.0 Å². The maximum absolute atomic E-state index is 13.4. The standard InChI is InChI=1S/C17H16Cl2F3N3O/c1-9(2)7-24-16(26)11-8-23-15(6-12(11)17(20,21)22)25-14-4-3-10(18)5-13(14)19/h3-6,8-9H,7H2,1-2H3,(H,23,25)(H,24,26). The second kappa shape index (κ2) is 8.14. The van der Waals surface area contributed by atoms with E-state index in [1.165, 1.54) is 18.2 Å². The van der Waals surface area contributed by atoms with Gasteiger partial charge in [0.2, 0.25) is 0 Å². The molecular formula is C17H16Cl2F3N3O.